The van der Waals surface area contributed by atoms with Crippen LogP contribution in [0.1, 0.15) is 0 Å². The van der Waals surface area contributed by atoms with E-state index < -0.39 is 14.2 Å². The Labute approximate surface area is 162 Å². The van der Waals surface area contributed by atoms with Crippen LogP contribution in [0.3, 0.4) is 0 Å². The van der Waals surface area contributed by atoms with Crippen molar-refractivity contribution in [2.75, 3.05) is 0 Å². The van der Waals surface area contributed by atoms with Gasteiger partial charge in [0, 0.05) is 10.9 Å². The van der Waals surface area contributed by atoms with Gasteiger partial charge in [0.1, 0.15) is 23.0 Å². The lowest BCUT2D eigenvalue weighted by Gasteiger charge is -2.09. The highest BCUT2D eigenvalue weighted by atomic mass is 16.6. The molecule has 0 atom stereocenters. The Morgan fingerprint density at radius 2 is 0.786 bits per heavy atom. The number of hydrogen-bond acceptors (Lipinski definition) is 4. The second-order valence-electron chi connectivity index (χ2n) is 6.89. The van der Waals surface area contributed by atoms with E-state index in [1.165, 1.54) is 0 Å². The average Bonchev–Trinajstić information content (AvgIpc) is 3.37. The van der Waals surface area contributed by atoms with E-state index in [0.29, 0.717) is 0 Å². The molecule has 0 radical (unpaired) electrons. The summed E-state index contributed by atoms with van der Waals surface area (Å²) in [6.07, 6.45) is 0. The molecule has 2 aliphatic heterocycles. The van der Waals surface area contributed by atoms with Crippen molar-refractivity contribution in [3.63, 3.8) is 0 Å². The van der Waals surface area contributed by atoms with Crippen LogP contribution in [-0.2, 0) is 0 Å². The van der Waals surface area contributed by atoms with Gasteiger partial charge in [-0.1, -0.05) is 60.7 Å². The van der Waals surface area contributed by atoms with Crippen LogP contribution in [-0.4, -0.2) is 14.2 Å². The van der Waals surface area contributed by atoms with Crippen molar-refractivity contribution in [3.8, 4) is 23.0 Å². The summed E-state index contributed by atoms with van der Waals surface area (Å²) in [5.41, 5.74) is 1.97. The van der Waals surface area contributed by atoms with Gasteiger partial charge in [-0.15, -0.1) is 0 Å². The molecule has 0 aliphatic carbocycles. The molecular weight excluding hydrogens is 350 g/mol. The standard InChI is InChI=1S/C22H14B2O4/c1-2-6-20-19(5-1)25-23(26-20)17-11-9-16-14-18(12-10-15(16)13-17)24-27-21-7-3-4-8-22(21)28-24/h1-14H. The van der Waals surface area contributed by atoms with Crippen molar-refractivity contribution in [3.05, 3.63) is 84.9 Å². The molecule has 0 bridgehead atoms. The van der Waals surface area contributed by atoms with E-state index in [1.807, 2.05) is 60.7 Å². The molecule has 4 aromatic rings. The van der Waals surface area contributed by atoms with Crippen molar-refractivity contribution >= 4 is 35.9 Å². The van der Waals surface area contributed by atoms with Crippen molar-refractivity contribution in [1.29, 1.82) is 0 Å². The zero-order chi connectivity index (χ0) is 18.5. The molecule has 0 aromatic heterocycles. The summed E-state index contributed by atoms with van der Waals surface area (Å²) in [7, 11) is -0.838. The number of fused-ring (bicyclic) bond motifs is 3. The van der Waals surface area contributed by atoms with Crippen LogP contribution >= 0.6 is 0 Å². The second kappa shape index (κ2) is 5.99. The van der Waals surface area contributed by atoms with Gasteiger partial charge in [-0.05, 0) is 35.0 Å². The summed E-state index contributed by atoms with van der Waals surface area (Å²) in [6, 6.07) is 27.9. The van der Waals surface area contributed by atoms with E-state index in [0.717, 1.165) is 44.7 Å². The molecular formula is C22H14B2O4. The highest BCUT2D eigenvalue weighted by Crippen LogP contribution is 2.33. The molecule has 2 heterocycles. The lowest BCUT2D eigenvalue weighted by Crippen LogP contribution is -2.39. The molecule has 0 amide bonds. The molecule has 0 N–H and O–H groups in total. The van der Waals surface area contributed by atoms with Crippen molar-refractivity contribution < 1.29 is 18.6 Å². The Balaban J connectivity index is 1.28. The molecule has 0 saturated heterocycles. The molecule has 4 aromatic carbocycles. The number of hydrogen-bond donors (Lipinski definition) is 0. The van der Waals surface area contributed by atoms with Gasteiger partial charge in [-0.2, -0.15) is 0 Å². The fourth-order valence-corrected chi connectivity index (χ4v) is 3.65. The van der Waals surface area contributed by atoms with Gasteiger partial charge in [-0.25, -0.2) is 0 Å². The third-order valence-corrected chi connectivity index (χ3v) is 5.07. The first-order chi connectivity index (χ1) is 13.8. The van der Waals surface area contributed by atoms with Crippen LogP contribution in [0.4, 0.5) is 0 Å². The molecule has 0 fully saturated rings. The Hall–Kier alpha value is -3.53. The Bertz CT molecular complexity index is 1070. The summed E-state index contributed by atoms with van der Waals surface area (Å²) < 4.78 is 23.7. The van der Waals surface area contributed by atoms with Crippen LogP contribution in [0.2, 0.25) is 0 Å². The lowest BCUT2D eigenvalue weighted by atomic mass is 9.76. The summed E-state index contributed by atoms with van der Waals surface area (Å²) in [5.74, 6) is 3.10. The average molecular weight is 364 g/mol. The van der Waals surface area contributed by atoms with Crippen molar-refractivity contribution in [2.24, 2.45) is 0 Å². The van der Waals surface area contributed by atoms with Gasteiger partial charge in [0.15, 0.2) is 0 Å². The third kappa shape index (κ3) is 2.49. The van der Waals surface area contributed by atoms with Gasteiger partial charge >= 0.3 is 14.2 Å². The predicted octanol–water partition coefficient (Wildman–Crippen LogP) is 3.17. The zero-order valence-corrected chi connectivity index (χ0v) is 14.9. The first-order valence-electron chi connectivity index (χ1n) is 9.22. The van der Waals surface area contributed by atoms with E-state index in [2.05, 4.69) is 24.3 Å². The molecule has 6 rings (SSSR count). The van der Waals surface area contributed by atoms with Gasteiger partial charge in [0.25, 0.3) is 0 Å². The normalized spacial score (nSPS) is 14.0. The van der Waals surface area contributed by atoms with Gasteiger partial charge < -0.3 is 18.6 Å². The maximum atomic E-state index is 5.92. The number of para-hydroxylation sites is 4. The number of benzene rings is 4. The summed E-state index contributed by atoms with van der Waals surface area (Å²) >= 11 is 0. The summed E-state index contributed by atoms with van der Waals surface area (Å²) in [4.78, 5) is 0. The number of rotatable bonds is 2. The molecule has 4 nitrogen and oxygen atoms in total. The first-order valence-corrected chi connectivity index (χ1v) is 9.22. The van der Waals surface area contributed by atoms with Crippen LogP contribution < -0.4 is 29.5 Å². The van der Waals surface area contributed by atoms with E-state index in [9.17, 15) is 0 Å². The minimum Gasteiger partial charge on any atom is -0.519 e. The SMILES string of the molecule is c1ccc2c(c1)OB(c1ccc3cc(B4Oc5ccccc5O4)ccc3c1)O2. The minimum absolute atomic E-state index is 0.419. The Morgan fingerprint density at radius 3 is 1.14 bits per heavy atom. The molecule has 0 unspecified atom stereocenters. The Kier molecular flexibility index (Phi) is 3.32. The largest absolute Gasteiger partial charge is 0.632 e. The van der Waals surface area contributed by atoms with Crippen molar-refractivity contribution in [1.82, 2.24) is 0 Å². The van der Waals surface area contributed by atoms with Crippen LogP contribution in [0.25, 0.3) is 10.8 Å². The Morgan fingerprint density at radius 1 is 0.429 bits per heavy atom. The zero-order valence-electron chi connectivity index (χ0n) is 14.9. The molecule has 0 saturated carbocycles. The van der Waals surface area contributed by atoms with Gasteiger partial charge in [-0.3, -0.25) is 0 Å². The monoisotopic (exact) mass is 364 g/mol. The molecule has 132 valence electrons. The highest BCUT2D eigenvalue weighted by molar-refractivity contribution is 6.64. The maximum absolute atomic E-state index is 5.92. The lowest BCUT2D eigenvalue weighted by molar-refractivity contribution is 0.518. The predicted molar refractivity (Wildman–Crippen MR) is 110 cm³/mol. The van der Waals surface area contributed by atoms with Crippen LogP contribution in [0.15, 0.2) is 84.9 Å². The maximum Gasteiger partial charge on any atom is 0.632 e. The quantitative estimate of drug-likeness (QED) is 0.512. The fraction of sp³-hybridized carbons (Fsp3) is 0. The summed E-state index contributed by atoms with van der Waals surface area (Å²) in [6.45, 7) is 0. The van der Waals surface area contributed by atoms with Crippen LogP contribution in [0, 0.1) is 0 Å². The molecule has 28 heavy (non-hydrogen) atoms. The fourth-order valence-electron chi connectivity index (χ4n) is 3.65. The smallest absolute Gasteiger partial charge is 0.519 e. The second-order valence-corrected chi connectivity index (χ2v) is 6.89. The van der Waals surface area contributed by atoms with Gasteiger partial charge in [0.05, 0.1) is 0 Å². The summed E-state index contributed by atoms with van der Waals surface area (Å²) in [5, 5.41) is 2.22. The topological polar surface area (TPSA) is 36.9 Å². The van der Waals surface area contributed by atoms with Gasteiger partial charge in [0.2, 0.25) is 0 Å². The van der Waals surface area contributed by atoms with Crippen molar-refractivity contribution in [2.45, 2.75) is 0 Å². The highest BCUT2D eigenvalue weighted by Gasteiger charge is 2.35. The van der Waals surface area contributed by atoms with E-state index in [4.69, 9.17) is 18.6 Å². The van der Waals surface area contributed by atoms with E-state index >= 15 is 0 Å². The minimum atomic E-state index is -0.419. The molecule has 2 aliphatic rings. The first kappa shape index (κ1) is 15.5. The van der Waals surface area contributed by atoms with E-state index in [1.54, 1.807) is 0 Å². The molecule has 0 spiro atoms. The van der Waals surface area contributed by atoms with Crippen LogP contribution in [0.5, 0.6) is 23.0 Å². The molecule has 6 heteroatoms. The third-order valence-electron chi connectivity index (χ3n) is 5.07. The van der Waals surface area contributed by atoms with E-state index in [-0.39, 0.29) is 0 Å².